The van der Waals surface area contributed by atoms with Gasteiger partial charge in [0, 0.05) is 37.9 Å². The Hall–Kier alpha value is -6.28. The Morgan fingerprint density at radius 1 is 0.841 bits per heavy atom. The zero-order valence-electron chi connectivity index (χ0n) is 37.5. The van der Waals surface area contributed by atoms with Crippen LogP contribution in [0.2, 0.25) is 0 Å². The summed E-state index contributed by atoms with van der Waals surface area (Å²) in [6.45, 7) is 10.6. The molecule has 3 heterocycles. The van der Waals surface area contributed by atoms with Crippen molar-refractivity contribution in [3.8, 4) is 11.3 Å². The summed E-state index contributed by atoms with van der Waals surface area (Å²) >= 11 is 0. The number of hydrogen-bond donors (Lipinski definition) is 4. The molecule has 63 heavy (non-hydrogen) atoms. The minimum atomic E-state index is -1.14. The molecule has 6 unspecified atom stereocenters. The standard InChI is InChI=1S/C49H62N8O6/c1-8-32(2)43(57-27-26-56(48(57)62)31-42-52-38-19-12-13-20-40(38)55(42)6)45(59)53-39(29-33-16-10-9-11-17-33)41(58)30-36(51-46(60)44(49(3,4)5)54-47(61)63-7)28-34-21-23-35(24-22-34)37-18-14-15-25-50-37/h9-25,32,36,39,41,43-44,58H,8,26-31H2,1-7H3,(H,51,60)(H,53,59)(H,54,61). The number of hydrogen-bond acceptors (Lipinski definition) is 8. The van der Waals surface area contributed by atoms with E-state index in [1.54, 1.807) is 16.0 Å². The van der Waals surface area contributed by atoms with Crippen molar-refractivity contribution in [3.05, 3.63) is 120 Å². The van der Waals surface area contributed by atoms with Gasteiger partial charge in [0.15, 0.2) is 0 Å². The Labute approximate surface area is 370 Å². The minimum absolute atomic E-state index is 0.0586. The number of aromatic nitrogens is 3. The number of methoxy groups -OCH3 is 1. The molecule has 1 saturated heterocycles. The van der Waals surface area contributed by atoms with Gasteiger partial charge in [0.25, 0.3) is 0 Å². The van der Waals surface area contributed by atoms with Gasteiger partial charge in [-0.05, 0) is 66.0 Å². The Morgan fingerprint density at radius 2 is 1.52 bits per heavy atom. The summed E-state index contributed by atoms with van der Waals surface area (Å²) in [5.41, 5.74) is 4.70. The van der Waals surface area contributed by atoms with Gasteiger partial charge in [-0.1, -0.05) is 114 Å². The van der Waals surface area contributed by atoms with E-state index in [0.29, 0.717) is 38.9 Å². The first-order valence-corrected chi connectivity index (χ1v) is 21.8. The lowest BCUT2D eigenvalue weighted by molar-refractivity contribution is -0.129. The predicted octanol–water partition coefficient (Wildman–Crippen LogP) is 6.26. The molecule has 0 aliphatic carbocycles. The number of aryl methyl sites for hydroxylation is 1. The van der Waals surface area contributed by atoms with E-state index in [9.17, 15) is 24.3 Å². The zero-order valence-corrected chi connectivity index (χ0v) is 37.5. The van der Waals surface area contributed by atoms with Crippen LogP contribution in [0.3, 0.4) is 0 Å². The molecule has 6 rings (SSSR count). The summed E-state index contributed by atoms with van der Waals surface area (Å²) in [5, 5.41) is 21.3. The second-order valence-electron chi connectivity index (χ2n) is 17.7. The third kappa shape index (κ3) is 11.6. The molecular formula is C49H62N8O6. The maximum atomic E-state index is 14.7. The maximum Gasteiger partial charge on any atom is 0.407 e. The summed E-state index contributed by atoms with van der Waals surface area (Å²) in [4.78, 5) is 67.9. The molecule has 6 atom stereocenters. The van der Waals surface area contributed by atoms with Gasteiger partial charge in [0.1, 0.15) is 17.9 Å². The van der Waals surface area contributed by atoms with Gasteiger partial charge >= 0.3 is 12.1 Å². The number of alkyl carbamates (subject to hydrolysis) is 1. The zero-order chi connectivity index (χ0) is 45.3. The third-order valence-corrected chi connectivity index (χ3v) is 12.1. The van der Waals surface area contributed by atoms with Gasteiger partial charge < -0.3 is 40.2 Å². The lowest BCUT2D eigenvalue weighted by Gasteiger charge is -2.35. The molecule has 14 heteroatoms. The lowest BCUT2D eigenvalue weighted by atomic mass is 9.85. The van der Waals surface area contributed by atoms with E-state index in [-0.39, 0.29) is 24.3 Å². The van der Waals surface area contributed by atoms with E-state index in [2.05, 4.69) is 20.9 Å². The van der Waals surface area contributed by atoms with Crippen LogP contribution >= 0.6 is 0 Å². The number of fused-ring (bicyclic) bond motifs is 1. The fourth-order valence-electron chi connectivity index (χ4n) is 8.28. The van der Waals surface area contributed by atoms with Gasteiger partial charge in [-0.2, -0.15) is 0 Å². The molecule has 1 fully saturated rings. The van der Waals surface area contributed by atoms with Crippen molar-refractivity contribution in [3.63, 3.8) is 0 Å². The number of aliphatic hydroxyl groups is 1. The van der Waals surface area contributed by atoms with Crippen LogP contribution in [0.1, 0.15) is 64.4 Å². The molecule has 2 aromatic heterocycles. The first-order valence-electron chi connectivity index (χ1n) is 21.8. The van der Waals surface area contributed by atoms with Crippen molar-refractivity contribution in [1.82, 2.24) is 40.3 Å². The smallest absolute Gasteiger partial charge is 0.407 e. The molecule has 0 spiro atoms. The summed E-state index contributed by atoms with van der Waals surface area (Å²) in [7, 11) is 3.18. The molecule has 3 aromatic carbocycles. The second kappa shape index (κ2) is 20.7. The van der Waals surface area contributed by atoms with Crippen molar-refractivity contribution < 1.29 is 29.0 Å². The Bertz CT molecular complexity index is 2310. The number of nitrogens with zero attached hydrogens (tertiary/aromatic N) is 5. The molecular weight excluding hydrogens is 797 g/mol. The molecule has 0 saturated carbocycles. The van der Waals surface area contributed by atoms with Gasteiger partial charge in [0.2, 0.25) is 11.8 Å². The number of imidazole rings is 1. The van der Waals surface area contributed by atoms with Crippen LogP contribution in [0.15, 0.2) is 103 Å². The summed E-state index contributed by atoms with van der Waals surface area (Å²) in [6, 6.07) is 27.6. The molecule has 1 aliphatic rings. The maximum absolute atomic E-state index is 14.7. The fraction of sp³-hybridized carbons (Fsp3) is 0.429. The first kappa shape index (κ1) is 46.2. The average Bonchev–Trinajstić information content (AvgIpc) is 3.79. The number of ether oxygens (including phenoxy) is 1. The number of pyridine rings is 1. The normalized spacial score (nSPS) is 15.9. The fourth-order valence-corrected chi connectivity index (χ4v) is 8.28. The molecule has 1 aliphatic heterocycles. The highest BCUT2D eigenvalue weighted by atomic mass is 16.5. The summed E-state index contributed by atoms with van der Waals surface area (Å²) in [5.74, 6) is -0.242. The highest BCUT2D eigenvalue weighted by Crippen LogP contribution is 2.26. The number of nitrogens with one attached hydrogen (secondary N) is 3. The predicted molar refractivity (Wildman–Crippen MR) is 243 cm³/mol. The molecule has 334 valence electrons. The monoisotopic (exact) mass is 858 g/mol. The Balaban J connectivity index is 1.25. The van der Waals surface area contributed by atoms with Gasteiger partial charge in [0.05, 0.1) is 42.5 Å². The highest BCUT2D eigenvalue weighted by Gasteiger charge is 2.41. The van der Waals surface area contributed by atoms with Crippen LogP contribution in [0, 0.1) is 11.3 Å². The molecule has 14 nitrogen and oxygen atoms in total. The number of rotatable bonds is 18. The highest BCUT2D eigenvalue weighted by molar-refractivity contribution is 5.89. The van der Waals surface area contributed by atoms with Crippen molar-refractivity contribution in [2.45, 2.75) is 97.1 Å². The third-order valence-electron chi connectivity index (χ3n) is 12.1. The van der Waals surface area contributed by atoms with Gasteiger partial charge in [-0.25, -0.2) is 14.6 Å². The van der Waals surface area contributed by atoms with Gasteiger partial charge in [-0.15, -0.1) is 0 Å². The van der Waals surface area contributed by atoms with E-state index in [1.165, 1.54) is 7.11 Å². The lowest BCUT2D eigenvalue weighted by Crippen LogP contribution is -2.58. The van der Waals surface area contributed by atoms with Crippen molar-refractivity contribution in [2.24, 2.45) is 18.4 Å². The van der Waals surface area contributed by atoms with E-state index in [1.807, 2.05) is 143 Å². The number of amides is 5. The largest absolute Gasteiger partial charge is 0.453 e. The summed E-state index contributed by atoms with van der Waals surface area (Å²) < 4.78 is 6.85. The number of para-hydroxylation sites is 2. The minimum Gasteiger partial charge on any atom is -0.453 e. The van der Waals surface area contributed by atoms with Crippen LogP contribution in [-0.2, 0) is 40.8 Å². The summed E-state index contributed by atoms with van der Waals surface area (Å²) in [6.07, 6.45) is 1.19. The average molecular weight is 859 g/mol. The molecule has 5 amide bonds. The van der Waals surface area contributed by atoms with Crippen LogP contribution < -0.4 is 16.0 Å². The van der Waals surface area contributed by atoms with Crippen LogP contribution in [-0.4, -0.2) is 104 Å². The van der Waals surface area contributed by atoms with E-state index >= 15 is 0 Å². The SMILES string of the molecule is CCC(C)C(C(=O)NC(Cc1ccccc1)C(O)CC(Cc1ccc(-c2ccccn2)cc1)NC(=O)C(NC(=O)OC)C(C)(C)C)N1CCN(Cc2nc3ccccc3n2C)C1=O. The van der Waals surface area contributed by atoms with E-state index in [0.717, 1.165) is 39.2 Å². The number of carbonyl (C=O) groups is 4. The van der Waals surface area contributed by atoms with Crippen molar-refractivity contribution >= 4 is 35.0 Å². The van der Waals surface area contributed by atoms with Crippen molar-refractivity contribution in [1.29, 1.82) is 0 Å². The van der Waals surface area contributed by atoms with Gasteiger partial charge in [-0.3, -0.25) is 14.6 Å². The van der Waals surface area contributed by atoms with Crippen LogP contribution in [0.4, 0.5) is 9.59 Å². The number of aliphatic hydroxyl groups excluding tert-OH is 1. The number of benzene rings is 3. The molecule has 0 radical (unpaired) electrons. The topological polar surface area (TPSA) is 171 Å². The van der Waals surface area contributed by atoms with E-state index in [4.69, 9.17) is 9.72 Å². The Morgan fingerprint density at radius 3 is 2.17 bits per heavy atom. The molecule has 0 bridgehead atoms. The Kier molecular flexibility index (Phi) is 15.2. The number of carbonyl (C=O) groups excluding carboxylic acids is 4. The van der Waals surface area contributed by atoms with Crippen LogP contribution in [0.5, 0.6) is 0 Å². The molecule has 5 aromatic rings. The van der Waals surface area contributed by atoms with Crippen molar-refractivity contribution in [2.75, 3.05) is 20.2 Å². The second-order valence-corrected chi connectivity index (χ2v) is 17.7. The van der Waals surface area contributed by atoms with Crippen LogP contribution in [0.25, 0.3) is 22.3 Å². The number of urea groups is 1. The first-order chi connectivity index (χ1) is 30.2. The quantitative estimate of drug-likeness (QED) is 0.0800. The van der Waals surface area contributed by atoms with E-state index < -0.39 is 47.7 Å². The molecule has 4 N–H and O–H groups in total.